The largest absolute Gasteiger partial charge is 0.376 e. The third kappa shape index (κ3) is 5.41. The molecule has 0 saturated heterocycles. The molecule has 0 aromatic heterocycles. The highest BCUT2D eigenvalue weighted by atomic mass is 15.0. The molecule has 23 heavy (non-hydrogen) atoms. The van der Waals surface area contributed by atoms with E-state index in [1.165, 1.54) is 80.2 Å². The van der Waals surface area contributed by atoms with Crippen LogP contribution in [0.1, 0.15) is 90.2 Å². The van der Waals surface area contributed by atoms with Gasteiger partial charge in [0.25, 0.3) is 0 Å². The Hall–Kier alpha value is -1.24. The lowest BCUT2D eigenvalue weighted by atomic mass is 9.88. The van der Waals surface area contributed by atoms with Crippen LogP contribution in [0.5, 0.6) is 0 Å². The SMILES string of the molecule is CCCCCCCCCCc1cccc2c1NC(C)(C)C=C2C. The quantitative estimate of drug-likeness (QED) is 0.485. The molecule has 0 radical (unpaired) electrons. The Balaban J connectivity index is 1.83. The number of para-hydroxylation sites is 1. The van der Waals surface area contributed by atoms with Crippen LogP contribution in [0.3, 0.4) is 0 Å². The summed E-state index contributed by atoms with van der Waals surface area (Å²) in [4.78, 5) is 0. The lowest BCUT2D eigenvalue weighted by Gasteiger charge is -2.33. The summed E-state index contributed by atoms with van der Waals surface area (Å²) in [5, 5.41) is 3.73. The Morgan fingerprint density at radius 2 is 1.57 bits per heavy atom. The maximum absolute atomic E-state index is 3.73. The first-order chi connectivity index (χ1) is 11.0. The lowest BCUT2D eigenvalue weighted by molar-refractivity contribution is 0.575. The van der Waals surface area contributed by atoms with Crippen LogP contribution in [-0.4, -0.2) is 5.54 Å². The van der Waals surface area contributed by atoms with Gasteiger partial charge in [0, 0.05) is 11.3 Å². The summed E-state index contributed by atoms with van der Waals surface area (Å²) >= 11 is 0. The van der Waals surface area contributed by atoms with Crippen LogP contribution in [-0.2, 0) is 6.42 Å². The molecule has 2 rings (SSSR count). The summed E-state index contributed by atoms with van der Waals surface area (Å²) in [5.41, 5.74) is 5.73. The monoisotopic (exact) mass is 313 g/mol. The zero-order valence-corrected chi connectivity index (χ0v) is 15.7. The van der Waals surface area contributed by atoms with Crippen LogP contribution >= 0.6 is 0 Å². The van der Waals surface area contributed by atoms with Crippen LogP contribution in [0.15, 0.2) is 24.3 Å². The van der Waals surface area contributed by atoms with Crippen LogP contribution in [0.2, 0.25) is 0 Å². The van der Waals surface area contributed by atoms with E-state index in [0.29, 0.717) is 0 Å². The summed E-state index contributed by atoms with van der Waals surface area (Å²) in [6.07, 6.45) is 14.6. The molecule has 1 aliphatic rings. The molecule has 1 heterocycles. The number of anilines is 1. The fourth-order valence-electron chi connectivity index (χ4n) is 3.71. The normalized spacial score (nSPS) is 15.7. The molecule has 1 heteroatoms. The van der Waals surface area contributed by atoms with E-state index in [9.17, 15) is 0 Å². The molecule has 1 aliphatic heterocycles. The second-order valence-electron chi connectivity index (χ2n) is 7.74. The minimum absolute atomic E-state index is 0.0620. The van der Waals surface area contributed by atoms with E-state index < -0.39 is 0 Å². The molecule has 0 amide bonds. The second kappa shape index (κ2) is 8.57. The van der Waals surface area contributed by atoms with Crippen molar-refractivity contribution in [3.63, 3.8) is 0 Å². The molecule has 1 nitrogen and oxygen atoms in total. The van der Waals surface area contributed by atoms with Gasteiger partial charge in [-0.1, -0.05) is 76.1 Å². The Bertz CT molecular complexity index is 525. The molecule has 1 aromatic rings. The zero-order valence-electron chi connectivity index (χ0n) is 15.7. The Morgan fingerprint density at radius 1 is 0.913 bits per heavy atom. The van der Waals surface area contributed by atoms with Crippen LogP contribution in [0.4, 0.5) is 5.69 Å². The highest BCUT2D eigenvalue weighted by molar-refractivity contribution is 5.81. The number of hydrogen-bond acceptors (Lipinski definition) is 1. The van der Waals surface area contributed by atoms with Gasteiger partial charge in [0.2, 0.25) is 0 Å². The minimum Gasteiger partial charge on any atom is -0.376 e. The average molecular weight is 314 g/mol. The maximum atomic E-state index is 3.73. The summed E-state index contributed by atoms with van der Waals surface area (Å²) < 4.78 is 0. The third-order valence-corrected chi connectivity index (χ3v) is 4.90. The van der Waals surface area contributed by atoms with Crippen LogP contribution in [0.25, 0.3) is 5.57 Å². The molecule has 0 aliphatic carbocycles. The highest BCUT2D eigenvalue weighted by Crippen LogP contribution is 2.36. The number of nitrogens with one attached hydrogen (secondary N) is 1. The molecule has 128 valence electrons. The van der Waals surface area contributed by atoms with Gasteiger partial charge in [-0.15, -0.1) is 0 Å². The van der Waals surface area contributed by atoms with E-state index >= 15 is 0 Å². The van der Waals surface area contributed by atoms with Crippen molar-refractivity contribution in [3.05, 3.63) is 35.4 Å². The Kier molecular flexibility index (Phi) is 6.74. The smallest absolute Gasteiger partial charge is 0.0506 e. The van der Waals surface area contributed by atoms with Crippen molar-refractivity contribution in [2.75, 3.05) is 5.32 Å². The van der Waals surface area contributed by atoms with Gasteiger partial charge < -0.3 is 5.32 Å². The summed E-state index contributed by atoms with van der Waals surface area (Å²) in [6.45, 7) is 9.04. The topological polar surface area (TPSA) is 12.0 Å². The number of aryl methyl sites for hydroxylation is 1. The second-order valence-corrected chi connectivity index (χ2v) is 7.74. The maximum Gasteiger partial charge on any atom is 0.0506 e. The Morgan fingerprint density at radius 3 is 2.26 bits per heavy atom. The number of hydrogen-bond donors (Lipinski definition) is 1. The van der Waals surface area contributed by atoms with Crippen LogP contribution < -0.4 is 5.32 Å². The van der Waals surface area contributed by atoms with Gasteiger partial charge in [-0.25, -0.2) is 0 Å². The summed E-state index contributed by atoms with van der Waals surface area (Å²) in [5.74, 6) is 0. The average Bonchev–Trinajstić information content (AvgIpc) is 2.49. The van der Waals surface area contributed by atoms with Gasteiger partial charge in [-0.05, 0) is 44.7 Å². The van der Waals surface area contributed by atoms with Gasteiger partial charge in [0.05, 0.1) is 5.54 Å². The first-order valence-corrected chi connectivity index (χ1v) is 9.63. The number of unbranched alkanes of at least 4 members (excludes halogenated alkanes) is 7. The molecule has 0 bridgehead atoms. The van der Waals surface area contributed by atoms with Crippen LogP contribution in [0, 0.1) is 0 Å². The standard InChI is InChI=1S/C22H35N/c1-5-6-7-8-9-10-11-12-14-19-15-13-16-20-18(2)17-22(3,4)23-21(19)20/h13,15-17,23H,5-12,14H2,1-4H3. The van der Waals surface area contributed by atoms with E-state index in [4.69, 9.17) is 0 Å². The van der Waals surface area contributed by atoms with Gasteiger partial charge in [0.15, 0.2) is 0 Å². The Labute approximate surface area is 143 Å². The van der Waals surface area contributed by atoms with Gasteiger partial charge in [-0.3, -0.25) is 0 Å². The number of fused-ring (bicyclic) bond motifs is 1. The van der Waals surface area contributed by atoms with Crippen molar-refractivity contribution in [1.82, 2.24) is 0 Å². The minimum atomic E-state index is 0.0620. The fraction of sp³-hybridized carbons (Fsp3) is 0.636. The summed E-state index contributed by atoms with van der Waals surface area (Å²) in [7, 11) is 0. The fourth-order valence-corrected chi connectivity index (χ4v) is 3.71. The number of benzene rings is 1. The van der Waals surface area contributed by atoms with Crippen molar-refractivity contribution in [3.8, 4) is 0 Å². The van der Waals surface area contributed by atoms with E-state index in [2.05, 4.69) is 57.3 Å². The molecular weight excluding hydrogens is 278 g/mol. The van der Waals surface area contributed by atoms with Gasteiger partial charge >= 0.3 is 0 Å². The third-order valence-electron chi connectivity index (χ3n) is 4.90. The van der Waals surface area contributed by atoms with Crippen molar-refractivity contribution in [1.29, 1.82) is 0 Å². The van der Waals surface area contributed by atoms with Crippen molar-refractivity contribution < 1.29 is 0 Å². The molecule has 1 aromatic carbocycles. The molecule has 0 spiro atoms. The lowest BCUT2D eigenvalue weighted by Crippen LogP contribution is -2.32. The molecular formula is C22H35N. The molecule has 1 N–H and O–H groups in total. The highest BCUT2D eigenvalue weighted by Gasteiger charge is 2.23. The molecule has 0 saturated carbocycles. The zero-order chi connectivity index (χ0) is 16.7. The molecule has 0 atom stereocenters. The van der Waals surface area contributed by atoms with E-state index in [1.807, 2.05) is 0 Å². The molecule has 0 fully saturated rings. The van der Waals surface area contributed by atoms with Crippen molar-refractivity contribution in [2.24, 2.45) is 0 Å². The van der Waals surface area contributed by atoms with Crippen molar-refractivity contribution >= 4 is 11.3 Å². The van der Waals surface area contributed by atoms with Gasteiger partial charge in [0.1, 0.15) is 0 Å². The number of rotatable bonds is 9. The van der Waals surface area contributed by atoms with E-state index in [-0.39, 0.29) is 5.54 Å². The predicted molar refractivity (Wildman–Crippen MR) is 104 cm³/mol. The van der Waals surface area contributed by atoms with E-state index in [1.54, 1.807) is 0 Å². The molecule has 0 unspecified atom stereocenters. The first kappa shape index (κ1) is 18.1. The predicted octanol–water partition coefficient (Wildman–Crippen LogP) is 6.98. The number of allylic oxidation sites excluding steroid dienone is 1. The van der Waals surface area contributed by atoms with Crippen molar-refractivity contribution in [2.45, 2.75) is 91.0 Å². The van der Waals surface area contributed by atoms with Gasteiger partial charge in [-0.2, -0.15) is 0 Å². The first-order valence-electron chi connectivity index (χ1n) is 9.63. The van der Waals surface area contributed by atoms with E-state index in [0.717, 1.165) is 0 Å². The summed E-state index contributed by atoms with van der Waals surface area (Å²) in [6, 6.07) is 6.78.